The first kappa shape index (κ1) is 15.9. The molecule has 0 aliphatic carbocycles. The summed E-state index contributed by atoms with van der Waals surface area (Å²) in [6.07, 6.45) is 2.11. The van der Waals surface area contributed by atoms with Crippen LogP contribution in [0.5, 0.6) is 0 Å². The molecular weight excluding hydrogens is 284 g/mol. The molecule has 1 atom stereocenters. The van der Waals surface area contributed by atoms with Crippen molar-refractivity contribution in [2.45, 2.75) is 32.2 Å². The summed E-state index contributed by atoms with van der Waals surface area (Å²) >= 11 is 0. The molecule has 1 fully saturated rings. The molecule has 0 aromatic carbocycles. The van der Waals surface area contributed by atoms with Gasteiger partial charge in [0.05, 0.1) is 6.04 Å². The zero-order valence-electron chi connectivity index (χ0n) is 12.8. The SMILES string of the molecule is Cc1ccnc(NC(=O)CCC(=O)N[C@@H]2CC(=O)N(C)C2)c1. The van der Waals surface area contributed by atoms with Gasteiger partial charge in [-0.25, -0.2) is 4.98 Å². The van der Waals surface area contributed by atoms with Crippen LogP contribution in [-0.2, 0) is 14.4 Å². The Morgan fingerprint density at radius 2 is 2.09 bits per heavy atom. The second kappa shape index (κ2) is 7.02. The first-order valence-electron chi connectivity index (χ1n) is 7.20. The molecule has 2 N–H and O–H groups in total. The van der Waals surface area contributed by atoms with E-state index in [2.05, 4.69) is 15.6 Å². The molecule has 0 unspecified atom stereocenters. The lowest BCUT2D eigenvalue weighted by Crippen LogP contribution is -2.36. The van der Waals surface area contributed by atoms with Crippen LogP contribution in [0.15, 0.2) is 18.3 Å². The van der Waals surface area contributed by atoms with Crippen LogP contribution in [0.4, 0.5) is 5.82 Å². The van der Waals surface area contributed by atoms with Crippen LogP contribution >= 0.6 is 0 Å². The van der Waals surface area contributed by atoms with E-state index in [0.29, 0.717) is 18.8 Å². The van der Waals surface area contributed by atoms with Crippen molar-refractivity contribution in [2.24, 2.45) is 0 Å². The van der Waals surface area contributed by atoms with Crippen molar-refractivity contribution >= 4 is 23.5 Å². The van der Waals surface area contributed by atoms with Gasteiger partial charge in [-0.15, -0.1) is 0 Å². The highest BCUT2D eigenvalue weighted by Gasteiger charge is 2.27. The maximum atomic E-state index is 11.8. The van der Waals surface area contributed by atoms with Crippen molar-refractivity contribution in [3.63, 3.8) is 0 Å². The third kappa shape index (κ3) is 4.54. The Bertz CT molecular complexity index is 588. The molecule has 0 saturated carbocycles. The van der Waals surface area contributed by atoms with Crippen molar-refractivity contribution in [2.75, 3.05) is 18.9 Å². The molecule has 3 amide bonds. The van der Waals surface area contributed by atoms with E-state index in [9.17, 15) is 14.4 Å². The first-order valence-corrected chi connectivity index (χ1v) is 7.20. The summed E-state index contributed by atoms with van der Waals surface area (Å²) in [4.78, 5) is 40.5. The highest BCUT2D eigenvalue weighted by atomic mass is 16.2. The van der Waals surface area contributed by atoms with Crippen LogP contribution in [0.3, 0.4) is 0 Å². The Balaban J connectivity index is 1.72. The van der Waals surface area contributed by atoms with E-state index < -0.39 is 0 Å². The zero-order valence-corrected chi connectivity index (χ0v) is 12.8. The van der Waals surface area contributed by atoms with Gasteiger partial charge in [-0.2, -0.15) is 0 Å². The minimum atomic E-state index is -0.257. The van der Waals surface area contributed by atoms with E-state index in [4.69, 9.17) is 0 Å². The molecule has 22 heavy (non-hydrogen) atoms. The number of carbonyl (C=O) groups excluding carboxylic acids is 3. The fraction of sp³-hybridized carbons (Fsp3) is 0.467. The van der Waals surface area contributed by atoms with Crippen LogP contribution in [0.2, 0.25) is 0 Å². The van der Waals surface area contributed by atoms with E-state index in [1.807, 2.05) is 13.0 Å². The minimum Gasteiger partial charge on any atom is -0.351 e. The van der Waals surface area contributed by atoms with Crippen LogP contribution in [0.1, 0.15) is 24.8 Å². The summed E-state index contributed by atoms with van der Waals surface area (Å²) in [6, 6.07) is 3.44. The lowest BCUT2D eigenvalue weighted by molar-refractivity contribution is -0.126. The van der Waals surface area contributed by atoms with Gasteiger partial charge in [0, 0.05) is 39.1 Å². The average molecular weight is 304 g/mol. The molecule has 1 aliphatic rings. The summed E-state index contributed by atoms with van der Waals surface area (Å²) in [5.74, 6) is 0.0234. The molecule has 1 saturated heterocycles. The number of carbonyl (C=O) groups is 3. The molecule has 1 aromatic rings. The smallest absolute Gasteiger partial charge is 0.226 e. The van der Waals surface area contributed by atoms with Crippen molar-refractivity contribution in [1.82, 2.24) is 15.2 Å². The average Bonchev–Trinajstić information content (AvgIpc) is 2.75. The Morgan fingerprint density at radius 3 is 2.73 bits per heavy atom. The van der Waals surface area contributed by atoms with E-state index in [1.54, 1.807) is 24.2 Å². The molecule has 118 valence electrons. The van der Waals surface area contributed by atoms with Gasteiger partial charge in [-0.05, 0) is 24.6 Å². The van der Waals surface area contributed by atoms with Gasteiger partial charge in [-0.1, -0.05) is 0 Å². The highest BCUT2D eigenvalue weighted by molar-refractivity contribution is 5.92. The molecular formula is C15H20N4O3. The normalized spacial score (nSPS) is 17.5. The zero-order chi connectivity index (χ0) is 16.1. The molecule has 0 bridgehead atoms. The third-order valence-corrected chi connectivity index (χ3v) is 3.47. The summed E-state index contributed by atoms with van der Waals surface area (Å²) in [5.41, 5.74) is 0.998. The maximum Gasteiger partial charge on any atom is 0.226 e. The molecule has 2 heterocycles. The summed E-state index contributed by atoms with van der Waals surface area (Å²) in [5, 5.41) is 5.42. The van der Waals surface area contributed by atoms with Crippen LogP contribution < -0.4 is 10.6 Å². The number of aromatic nitrogens is 1. The fourth-order valence-corrected chi connectivity index (χ4v) is 2.30. The number of pyridine rings is 1. The van der Waals surface area contributed by atoms with Crippen LogP contribution in [0, 0.1) is 6.92 Å². The van der Waals surface area contributed by atoms with Gasteiger partial charge >= 0.3 is 0 Å². The Labute approximate surface area is 129 Å². The number of aryl methyl sites for hydroxylation is 1. The molecule has 2 rings (SSSR count). The Morgan fingerprint density at radius 1 is 1.36 bits per heavy atom. The fourth-order valence-electron chi connectivity index (χ4n) is 2.30. The van der Waals surface area contributed by atoms with E-state index in [1.165, 1.54) is 0 Å². The number of hydrogen-bond acceptors (Lipinski definition) is 4. The number of nitrogens with zero attached hydrogens (tertiary/aromatic N) is 2. The van der Waals surface area contributed by atoms with Crippen molar-refractivity contribution in [1.29, 1.82) is 0 Å². The lowest BCUT2D eigenvalue weighted by Gasteiger charge is -2.12. The molecule has 7 heteroatoms. The first-order chi connectivity index (χ1) is 10.4. The van der Waals surface area contributed by atoms with Gasteiger partial charge in [0.25, 0.3) is 0 Å². The highest BCUT2D eigenvalue weighted by Crippen LogP contribution is 2.09. The number of likely N-dealkylation sites (tertiary alicyclic amines) is 1. The summed E-state index contributed by atoms with van der Waals surface area (Å²) in [7, 11) is 1.71. The number of rotatable bonds is 5. The number of likely N-dealkylation sites (N-methyl/N-ethyl adjacent to an activating group) is 1. The predicted molar refractivity (Wildman–Crippen MR) is 81.0 cm³/mol. The second-order valence-corrected chi connectivity index (χ2v) is 5.51. The number of nitrogens with one attached hydrogen (secondary N) is 2. The molecule has 0 spiro atoms. The number of amides is 3. The van der Waals surface area contributed by atoms with Crippen molar-refractivity contribution < 1.29 is 14.4 Å². The quantitative estimate of drug-likeness (QED) is 0.826. The maximum absolute atomic E-state index is 11.8. The minimum absolute atomic E-state index is 0.0218. The molecule has 1 aliphatic heterocycles. The van der Waals surface area contributed by atoms with Gasteiger partial charge in [0.2, 0.25) is 17.7 Å². The number of anilines is 1. The summed E-state index contributed by atoms with van der Waals surface area (Å²) < 4.78 is 0. The molecule has 1 aromatic heterocycles. The number of hydrogen-bond donors (Lipinski definition) is 2. The van der Waals surface area contributed by atoms with E-state index in [-0.39, 0.29) is 36.6 Å². The Hall–Kier alpha value is -2.44. The van der Waals surface area contributed by atoms with Crippen molar-refractivity contribution in [3.05, 3.63) is 23.9 Å². The van der Waals surface area contributed by atoms with Crippen LogP contribution in [-0.4, -0.2) is 47.2 Å². The standard InChI is InChI=1S/C15H20N4O3/c1-10-5-6-16-12(7-10)18-14(21)4-3-13(20)17-11-8-15(22)19(2)9-11/h5-7,11H,3-4,8-9H2,1-2H3,(H,17,20)(H,16,18,21)/t11-/m1/s1. The van der Waals surface area contributed by atoms with E-state index in [0.717, 1.165) is 5.56 Å². The monoisotopic (exact) mass is 304 g/mol. The third-order valence-electron chi connectivity index (χ3n) is 3.47. The Kier molecular flexibility index (Phi) is 5.08. The summed E-state index contributed by atoms with van der Waals surface area (Å²) in [6.45, 7) is 2.43. The topological polar surface area (TPSA) is 91.4 Å². The van der Waals surface area contributed by atoms with Gasteiger partial charge in [0.15, 0.2) is 0 Å². The lowest BCUT2D eigenvalue weighted by atomic mass is 10.2. The van der Waals surface area contributed by atoms with Gasteiger partial charge in [-0.3, -0.25) is 14.4 Å². The molecule has 7 nitrogen and oxygen atoms in total. The second-order valence-electron chi connectivity index (χ2n) is 5.51. The largest absolute Gasteiger partial charge is 0.351 e. The van der Waals surface area contributed by atoms with Gasteiger partial charge in [0.1, 0.15) is 5.82 Å². The molecule has 0 radical (unpaired) electrons. The van der Waals surface area contributed by atoms with Gasteiger partial charge < -0.3 is 15.5 Å². The van der Waals surface area contributed by atoms with Crippen LogP contribution in [0.25, 0.3) is 0 Å². The van der Waals surface area contributed by atoms with E-state index >= 15 is 0 Å². The van der Waals surface area contributed by atoms with Crippen molar-refractivity contribution in [3.8, 4) is 0 Å². The predicted octanol–water partition coefficient (Wildman–Crippen LogP) is 0.456.